The highest BCUT2D eigenvalue weighted by molar-refractivity contribution is 5.87. The summed E-state index contributed by atoms with van der Waals surface area (Å²) in [6.07, 6.45) is 10.1. The lowest BCUT2D eigenvalue weighted by molar-refractivity contribution is -0.141. The van der Waals surface area contributed by atoms with Crippen molar-refractivity contribution in [1.29, 1.82) is 0 Å². The van der Waals surface area contributed by atoms with E-state index < -0.39 is 5.54 Å². The first-order valence-corrected chi connectivity index (χ1v) is 9.80. The van der Waals surface area contributed by atoms with Gasteiger partial charge < -0.3 is 5.32 Å². The second-order valence-corrected chi connectivity index (χ2v) is 7.76. The average molecular weight is 339 g/mol. The Morgan fingerprint density at radius 1 is 1.20 bits per heavy atom. The Bertz CT molecular complexity index is 630. The highest BCUT2D eigenvalue weighted by atomic mass is 16.2. The molecule has 1 saturated carbocycles. The molecular weight excluding hydrogens is 310 g/mol. The molecule has 134 valence electrons. The summed E-state index contributed by atoms with van der Waals surface area (Å²) in [5.41, 5.74) is 5.74. The van der Waals surface area contributed by atoms with Crippen LogP contribution >= 0.6 is 0 Å². The molecule has 1 aliphatic carbocycles. The van der Waals surface area contributed by atoms with E-state index in [4.69, 9.17) is 0 Å². The standard InChI is InChI=1S/C21H29N3O/c25-20(24-14-5-11-19(16-23-24)18-9-4-10-18)21(12-6-13-22-21)15-17-7-2-1-3-8-17/h1-3,7-8,11,18,22-23H,4-6,9-10,12-16H2/t21-/m0/s1. The molecule has 1 aromatic carbocycles. The zero-order valence-electron chi connectivity index (χ0n) is 15.0. The quantitative estimate of drug-likeness (QED) is 0.829. The van der Waals surface area contributed by atoms with Crippen LogP contribution in [0.5, 0.6) is 0 Å². The summed E-state index contributed by atoms with van der Waals surface area (Å²) in [5, 5.41) is 5.44. The van der Waals surface area contributed by atoms with Crippen molar-refractivity contribution < 1.29 is 4.79 Å². The van der Waals surface area contributed by atoms with Crippen LogP contribution in [0.25, 0.3) is 0 Å². The maximum absolute atomic E-state index is 13.4. The molecule has 4 nitrogen and oxygen atoms in total. The van der Waals surface area contributed by atoms with E-state index in [-0.39, 0.29) is 5.91 Å². The number of carbonyl (C=O) groups excluding carboxylic acids is 1. The van der Waals surface area contributed by atoms with E-state index >= 15 is 0 Å². The number of amides is 1. The fourth-order valence-electron chi connectivity index (χ4n) is 4.40. The van der Waals surface area contributed by atoms with Crippen LogP contribution in [0.4, 0.5) is 0 Å². The number of benzene rings is 1. The second-order valence-electron chi connectivity index (χ2n) is 7.76. The van der Waals surface area contributed by atoms with Gasteiger partial charge in [-0.05, 0) is 56.6 Å². The lowest BCUT2D eigenvalue weighted by Crippen LogP contribution is -2.59. The van der Waals surface area contributed by atoms with Crippen molar-refractivity contribution in [3.8, 4) is 0 Å². The van der Waals surface area contributed by atoms with Crippen molar-refractivity contribution >= 4 is 5.91 Å². The first kappa shape index (κ1) is 16.8. The van der Waals surface area contributed by atoms with Crippen LogP contribution in [0, 0.1) is 5.92 Å². The number of nitrogens with one attached hydrogen (secondary N) is 2. The van der Waals surface area contributed by atoms with Crippen molar-refractivity contribution in [2.75, 3.05) is 19.6 Å². The molecule has 4 rings (SSSR count). The molecular formula is C21H29N3O. The number of hydrogen-bond acceptors (Lipinski definition) is 3. The molecule has 1 amide bonds. The first-order chi connectivity index (χ1) is 12.3. The van der Waals surface area contributed by atoms with E-state index in [0.717, 1.165) is 51.2 Å². The molecule has 0 radical (unpaired) electrons. The largest absolute Gasteiger partial charge is 0.303 e. The zero-order chi connectivity index (χ0) is 17.1. The molecule has 0 bridgehead atoms. The van der Waals surface area contributed by atoms with Crippen LogP contribution in [0.2, 0.25) is 0 Å². The molecule has 1 aromatic rings. The molecule has 0 aromatic heterocycles. The van der Waals surface area contributed by atoms with Gasteiger partial charge in [0, 0.05) is 13.1 Å². The smallest absolute Gasteiger partial charge is 0.257 e. The minimum absolute atomic E-state index is 0.220. The predicted octanol–water partition coefficient (Wildman–Crippen LogP) is 2.81. The molecule has 0 unspecified atom stereocenters. The molecule has 3 aliphatic rings. The summed E-state index contributed by atoms with van der Waals surface area (Å²) in [6.45, 7) is 2.53. The Morgan fingerprint density at radius 2 is 2.04 bits per heavy atom. The van der Waals surface area contributed by atoms with Gasteiger partial charge in [-0.2, -0.15) is 0 Å². The first-order valence-electron chi connectivity index (χ1n) is 9.80. The number of hydrazine groups is 1. The van der Waals surface area contributed by atoms with E-state index in [0.29, 0.717) is 0 Å². The Kier molecular flexibility index (Phi) is 4.91. The number of rotatable bonds is 4. The van der Waals surface area contributed by atoms with Crippen LogP contribution in [0.15, 0.2) is 42.0 Å². The number of carbonyl (C=O) groups is 1. The van der Waals surface area contributed by atoms with Gasteiger partial charge in [0.15, 0.2) is 0 Å². The summed E-state index contributed by atoms with van der Waals surface area (Å²) >= 11 is 0. The number of nitrogens with zero attached hydrogens (tertiary/aromatic N) is 1. The zero-order valence-corrected chi connectivity index (χ0v) is 15.0. The van der Waals surface area contributed by atoms with Crippen LogP contribution in [0.1, 0.15) is 44.1 Å². The minimum atomic E-state index is -0.449. The Hall–Kier alpha value is -1.65. The van der Waals surface area contributed by atoms with Gasteiger partial charge in [-0.15, -0.1) is 0 Å². The van der Waals surface area contributed by atoms with Gasteiger partial charge in [0.2, 0.25) is 0 Å². The number of hydrogen-bond donors (Lipinski definition) is 2. The highest BCUT2D eigenvalue weighted by Crippen LogP contribution is 2.34. The normalized spacial score (nSPS) is 27.5. The molecule has 1 saturated heterocycles. The van der Waals surface area contributed by atoms with Gasteiger partial charge >= 0.3 is 0 Å². The van der Waals surface area contributed by atoms with Crippen LogP contribution in [-0.2, 0) is 11.2 Å². The predicted molar refractivity (Wildman–Crippen MR) is 99.9 cm³/mol. The van der Waals surface area contributed by atoms with E-state index in [1.165, 1.54) is 30.4 Å². The molecule has 2 heterocycles. The van der Waals surface area contributed by atoms with Gasteiger partial charge in [-0.3, -0.25) is 9.80 Å². The van der Waals surface area contributed by atoms with Crippen molar-refractivity contribution in [3.63, 3.8) is 0 Å². The Labute approximate surface area is 150 Å². The fourth-order valence-corrected chi connectivity index (χ4v) is 4.40. The summed E-state index contributed by atoms with van der Waals surface area (Å²) in [6, 6.07) is 10.4. The van der Waals surface area contributed by atoms with Gasteiger partial charge in [0.05, 0.1) is 0 Å². The van der Waals surface area contributed by atoms with Crippen molar-refractivity contribution in [3.05, 3.63) is 47.5 Å². The summed E-state index contributed by atoms with van der Waals surface area (Å²) in [7, 11) is 0. The van der Waals surface area contributed by atoms with Crippen molar-refractivity contribution in [2.45, 2.75) is 50.5 Å². The highest BCUT2D eigenvalue weighted by Gasteiger charge is 2.43. The van der Waals surface area contributed by atoms with E-state index in [1.54, 1.807) is 0 Å². The van der Waals surface area contributed by atoms with Gasteiger partial charge in [-0.25, -0.2) is 5.43 Å². The fraction of sp³-hybridized carbons (Fsp3) is 0.571. The van der Waals surface area contributed by atoms with Crippen LogP contribution < -0.4 is 10.7 Å². The molecule has 2 N–H and O–H groups in total. The average Bonchev–Trinajstić information content (AvgIpc) is 2.93. The topological polar surface area (TPSA) is 44.4 Å². The lowest BCUT2D eigenvalue weighted by atomic mass is 9.79. The SMILES string of the molecule is O=C(N1CCC=C(C2CCC2)CN1)[C@@]1(Cc2ccccc2)CCCN1. The second kappa shape index (κ2) is 7.30. The van der Waals surface area contributed by atoms with Crippen molar-refractivity contribution in [2.24, 2.45) is 5.92 Å². The monoisotopic (exact) mass is 339 g/mol. The summed E-state index contributed by atoms with van der Waals surface area (Å²) < 4.78 is 0. The lowest BCUT2D eigenvalue weighted by Gasteiger charge is -2.35. The van der Waals surface area contributed by atoms with Gasteiger partial charge in [0.25, 0.3) is 5.91 Å². The summed E-state index contributed by atoms with van der Waals surface area (Å²) in [5.74, 6) is 0.975. The molecule has 2 fully saturated rings. The maximum Gasteiger partial charge on any atom is 0.257 e. The minimum Gasteiger partial charge on any atom is -0.303 e. The van der Waals surface area contributed by atoms with E-state index in [2.05, 4.69) is 41.1 Å². The van der Waals surface area contributed by atoms with E-state index in [1.807, 2.05) is 11.1 Å². The van der Waals surface area contributed by atoms with Crippen LogP contribution in [-0.4, -0.2) is 36.1 Å². The molecule has 4 heteroatoms. The molecule has 25 heavy (non-hydrogen) atoms. The van der Waals surface area contributed by atoms with E-state index in [9.17, 15) is 4.79 Å². The van der Waals surface area contributed by atoms with Crippen molar-refractivity contribution in [1.82, 2.24) is 15.8 Å². The summed E-state index contributed by atoms with van der Waals surface area (Å²) in [4.78, 5) is 13.4. The molecule has 1 atom stereocenters. The third-order valence-corrected chi connectivity index (χ3v) is 6.11. The Morgan fingerprint density at radius 3 is 2.72 bits per heavy atom. The van der Waals surface area contributed by atoms with Gasteiger partial charge in [0.1, 0.15) is 5.54 Å². The van der Waals surface area contributed by atoms with Crippen LogP contribution in [0.3, 0.4) is 0 Å². The molecule has 2 aliphatic heterocycles. The Balaban J connectivity index is 1.46. The maximum atomic E-state index is 13.4. The third-order valence-electron chi connectivity index (χ3n) is 6.11. The molecule has 0 spiro atoms. The van der Waals surface area contributed by atoms with Gasteiger partial charge in [-0.1, -0.05) is 48.4 Å². The third kappa shape index (κ3) is 3.51.